The van der Waals surface area contributed by atoms with Crippen LogP contribution in [0.1, 0.15) is 17.8 Å². The topological polar surface area (TPSA) is 98.6 Å². The molecule has 0 unspecified atom stereocenters. The van der Waals surface area contributed by atoms with Crippen LogP contribution in [0.3, 0.4) is 0 Å². The average molecular weight is 325 g/mol. The molecule has 0 aliphatic heterocycles. The van der Waals surface area contributed by atoms with Gasteiger partial charge in [-0.25, -0.2) is 18.1 Å². The monoisotopic (exact) mass is 324 g/mol. The zero-order valence-corrected chi connectivity index (χ0v) is 12.6. The minimum Gasteiger partial charge on any atom is -0.349 e. The van der Waals surface area contributed by atoms with E-state index in [4.69, 9.17) is 16.9 Å². The van der Waals surface area contributed by atoms with Crippen molar-refractivity contribution >= 4 is 21.6 Å². The highest BCUT2D eigenvalue weighted by molar-refractivity contribution is 7.89. The molecule has 2 aromatic rings. The van der Waals surface area contributed by atoms with Gasteiger partial charge in [-0.15, -0.1) is 0 Å². The van der Waals surface area contributed by atoms with E-state index in [1.807, 2.05) is 6.07 Å². The van der Waals surface area contributed by atoms with Crippen LogP contribution in [0, 0.1) is 11.3 Å². The van der Waals surface area contributed by atoms with Crippen LogP contribution in [0.5, 0.6) is 0 Å². The molecule has 2 rings (SSSR count). The number of H-pyrrole nitrogens is 1. The summed E-state index contributed by atoms with van der Waals surface area (Å²) in [6.45, 7) is 0.292. The summed E-state index contributed by atoms with van der Waals surface area (Å²) in [5.74, 6) is 0.815. The van der Waals surface area contributed by atoms with Gasteiger partial charge in [0, 0.05) is 25.4 Å². The Morgan fingerprint density at radius 2 is 2.24 bits per heavy atom. The lowest BCUT2D eigenvalue weighted by Crippen LogP contribution is -2.25. The third kappa shape index (κ3) is 4.04. The van der Waals surface area contributed by atoms with E-state index in [1.54, 1.807) is 12.4 Å². The van der Waals surface area contributed by atoms with Crippen LogP contribution in [0.4, 0.5) is 0 Å². The van der Waals surface area contributed by atoms with E-state index in [0.717, 1.165) is 5.82 Å². The van der Waals surface area contributed by atoms with Crippen molar-refractivity contribution in [2.24, 2.45) is 0 Å². The third-order valence-corrected chi connectivity index (χ3v) is 4.58. The number of hydrogen-bond acceptors (Lipinski definition) is 4. The van der Waals surface area contributed by atoms with Crippen LogP contribution in [0.25, 0.3) is 0 Å². The quantitative estimate of drug-likeness (QED) is 0.792. The summed E-state index contributed by atoms with van der Waals surface area (Å²) < 4.78 is 26.6. The number of aromatic nitrogens is 2. The average Bonchev–Trinajstić information content (AvgIpc) is 2.97. The first-order valence-corrected chi connectivity index (χ1v) is 8.06. The summed E-state index contributed by atoms with van der Waals surface area (Å²) in [7, 11) is -3.62. The molecule has 21 heavy (non-hydrogen) atoms. The zero-order chi connectivity index (χ0) is 15.3. The fourth-order valence-electron chi connectivity index (χ4n) is 1.73. The molecular formula is C13H13ClN4O2S. The van der Waals surface area contributed by atoms with E-state index in [0.29, 0.717) is 19.4 Å². The first kappa shape index (κ1) is 15.5. The number of aryl methyl sites for hydroxylation is 1. The third-order valence-electron chi connectivity index (χ3n) is 2.81. The number of benzene rings is 1. The van der Waals surface area contributed by atoms with Gasteiger partial charge < -0.3 is 4.98 Å². The van der Waals surface area contributed by atoms with Crippen molar-refractivity contribution in [2.75, 3.05) is 6.54 Å². The number of nitriles is 1. The van der Waals surface area contributed by atoms with E-state index < -0.39 is 10.0 Å². The van der Waals surface area contributed by atoms with Gasteiger partial charge in [0.15, 0.2) is 0 Å². The number of imidazole rings is 1. The van der Waals surface area contributed by atoms with Gasteiger partial charge in [0.2, 0.25) is 10.0 Å². The Morgan fingerprint density at radius 3 is 2.86 bits per heavy atom. The molecule has 0 aliphatic carbocycles. The van der Waals surface area contributed by atoms with Crippen molar-refractivity contribution in [2.45, 2.75) is 17.7 Å². The Bertz CT molecular complexity index is 751. The summed E-state index contributed by atoms with van der Waals surface area (Å²) >= 11 is 5.84. The van der Waals surface area contributed by atoms with Gasteiger partial charge in [-0.1, -0.05) is 11.6 Å². The Labute approximate surface area is 127 Å². The van der Waals surface area contributed by atoms with Crippen LogP contribution in [0.15, 0.2) is 35.5 Å². The van der Waals surface area contributed by atoms with Gasteiger partial charge in [-0.3, -0.25) is 0 Å². The summed E-state index contributed by atoms with van der Waals surface area (Å²) in [5, 5.41) is 8.89. The smallest absolute Gasteiger partial charge is 0.240 e. The largest absolute Gasteiger partial charge is 0.349 e. The van der Waals surface area contributed by atoms with Gasteiger partial charge in [0.05, 0.1) is 15.5 Å². The number of nitrogens with zero attached hydrogens (tertiary/aromatic N) is 2. The number of halogens is 1. The lowest BCUT2D eigenvalue weighted by Gasteiger charge is -2.07. The van der Waals surface area contributed by atoms with Crippen LogP contribution in [-0.4, -0.2) is 24.9 Å². The fraction of sp³-hybridized carbons (Fsp3) is 0.231. The number of hydrogen-bond donors (Lipinski definition) is 2. The molecule has 6 nitrogen and oxygen atoms in total. The first-order valence-electron chi connectivity index (χ1n) is 6.20. The lowest BCUT2D eigenvalue weighted by atomic mass is 10.2. The molecule has 110 valence electrons. The van der Waals surface area contributed by atoms with Gasteiger partial charge >= 0.3 is 0 Å². The summed E-state index contributed by atoms with van der Waals surface area (Å²) in [6.07, 6.45) is 4.65. The van der Waals surface area contributed by atoms with Crippen molar-refractivity contribution in [1.82, 2.24) is 14.7 Å². The summed E-state index contributed by atoms with van der Waals surface area (Å²) in [5.41, 5.74) is 0.244. The minimum atomic E-state index is -3.62. The molecule has 0 radical (unpaired) electrons. The molecule has 8 heteroatoms. The Morgan fingerprint density at radius 1 is 1.43 bits per heavy atom. The molecular weight excluding hydrogens is 312 g/mol. The van der Waals surface area contributed by atoms with Crippen LogP contribution in [-0.2, 0) is 16.4 Å². The molecule has 0 aliphatic rings. The molecule has 0 saturated carbocycles. The van der Waals surface area contributed by atoms with Gasteiger partial charge in [0.25, 0.3) is 0 Å². The highest BCUT2D eigenvalue weighted by atomic mass is 35.5. The SMILES string of the molecule is N#Cc1ccc(S(=O)(=O)NCCCc2ncc[nH]2)cc1Cl. The number of nitrogens with one attached hydrogen (secondary N) is 2. The molecule has 0 amide bonds. The molecule has 0 bridgehead atoms. The highest BCUT2D eigenvalue weighted by Crippen LogP contribution is 2.20. The van der Waals surface area contributed by atoms with Crippen molar-refractivity contribution in [3.63, 3.8) is 0 Å². The minimum absolute atomic E-state index is 0.0458. The van der Waals surface area contributed by atoms with Crippen LogP contribution in [0.2, 0.25) is 5.02 Å². The van der Waals surface area contributed by atoms with Gasteiger partial charge in [-0.05, 0) is 24.6 Å². The Kier molecular flexibility index (Phi) is 4.96. The predicted octanol–water partition coefficient (Wildman–Crippen LogP) is 1.85. The van der Waals surface area contributed by atoms with Crippen molar-refractivity contribution in [3.8, 4) is 6.07 Å². The maximum Gasteiger partial charge on any atom is 0.240 e. The van der Waals surface area contributed by atoms with Gasteiger partial charge in [-0.2, -0.15) is 5.26 Å². The predicted molar refractivity (Wildman–Crippen MR) is 78.3 cm³/mol. The van der Waals surface area contributed by atoms with Crippen molar-refractivity contribution in [1.29, 1.82) is 5.26 Å². The van der Waals surface area contributed by atoms with E-state index in [-0.39, 0.29) is 15.5 Å². The summed E-state index contributed by atoms with van der Waals surface area (Å²) in [6, 6.07) is 5.91. The zero-order valence-electron chi connectivity index (χ0n) is 11.0. The van der Waals surface area contributed by atoms with E-state index in [2.05, 4.69) is 14.7 Å². The normalized spacial score (nSPS) is 11.2. The fourth-order valence-corrected chi connectivity index (χ4v) is 3.12. The standard InChI is InChI=1S/C13H13ClN4O2S/c14-12-8-11(4-3-10(12)9-15)21(19,20)18-5-1-2-13-16-6-7-17-13/h3-4,6-8,18H,1-2,5H2,(H,16,17). The number of aromatic amines is 1. The molecule has 1 aromatic heterocycles. The molecule has 2 N–H and O–H groups in total. The van der Waals surface area contributed by atoms with E-state index >= 15 is 0 Å². The molecule has 0 atom stereocenters. The Balaban J connectivity index is 1.95. The maximum atomic E-state index is 12.1. The van der Waals surface area contributed by atoms with Gasteiger partial charge in [0.1, 0.15) is 11.9 Å². The molecule has 0 fully saturated rings. The van der Waals surface area contributed by atoms with Crippen molar-refractivity contribution < 1.29 is 8.42 Å². The maximum absolute atomic E-state index is 12.1. The Hall–Kier alpha value is -1.88. The molecule has 0 saturated heterocycles. The van der Waals surface area contributed by atoms with E-state index in [1.165, 1.54) is 18.2 Å². The molecule has 0 spiro atoms. The molecule has 1 heterocycles. The second-order valence-corrected chi connectivity index (χ2v) is 6.46. The number of rotatable bonds is 6. The van der Waals surface area contributed by atoms with Crippen LogP contribution >= 0.6 is 11.6 Å². The second-order valence-electron chi connectivity index (χ2n) is 4.29. The van der Waals surface area contributed by atoms with Crippen molar-refractivity contribution in [3.05, 3.63) is 47.0 Å². The first-order chi connectivity index (χ1) is 10.0. The van der Waals surface area contributed by atoms with Crippen LogP contribution < -0.4 is 4.72 Å². The number of sulfonamides is 1. The summed E-state index contributed by atoms with van der Waals surface area (Å²) in [4.78, 5) is 7.05. The van der Waals surface area contributed by atoms with E-state index in [9.17, 15) is 8.42 Å². The highest BCUT2D eigenvalue weighted by Gasteiger charge is 2.15. The molecule has 1 aromatic carbocycles. The lowest BCUT2D eigenvalue weighted by molar-refractivity contribution is 0.578. The second kappa shape index (κ2) is 6.72.